The van der Waals surface area contributed by atoms with Crippen LogP contribution in [0.25, 0.3) is 93.0 Å². The van der Waals surface area contributed by atoms with Crippen molar-refractivity contribution in [3.8, 4) is 51.0 Å². The molecule has 0 spiro atoms. The lowest BCUT2D eigenvalue weighted by Crippen LogP contribution is -2.06. The van der Waals surface area contributed by atoms with Gasteiger partial charge in [-0.05, 0) is 58.7 Å². The Morgan fingerprint density at radius 1 is 0.420 bits per heavy atom. The summed E-state index contributed by atoms with van der Waals surface area (Å²) in [5.41, 5.74) is 8.30. The van der Waals surface area contributed by atoms with Gasteiger partial charge >= 0.3 is 0 Å². The predicted molar refractivity (Wildman–Crippen MR) is 207 cm³/mol. The monoisotopic (exact) mass is 657 g/mol. The van der Waals surface area contributed by atoms with Gasteiger partial charge < -0.3 is 0 Å². The van der Waals surface area contributed by atoms with E-state index in [-0.39, 0.29) is 0 Å². The summed E-state index contributed by atoms with van der Waals surface area (Å²) in [6.45, 7) is 0. The number of nitrogens with zero attached hydrogens (tertiary/aromatic N) is 5. The van der Waals surface area contributed by atoms with Crippen molar-refractivity contribution in [1.82, 2.24) is 24.5 Å². The number of fused-ring (bicyclic) bond motifs is 7. The minimum atomic E-state index is 0.548. The summed E-state index contributed by atoms with van der Waals surface area (Å²) in [6.07, 6.45) is 3.79. The molecule has 0 aliphatic rings. The van der Waals surface area contributed by atoms with Crippen LogP contribution in [-0.4, -0.2) is 24.5 Å². The van der Waals surface area contributed by atoms with Gasteiger partial charge in [0, 0.05) is 48.3 Å². The van der Waals surface area contributed by atoms with E-state index in [4.69, 9.17) is 15.0 Å². The lowest BCUT2D eigenvalue weighted by atomic mass is 10.0. The van der Waals surface area contributed by atoms with Crippen LogP contribution in [-0.2, 0) is 0 Å². The number of rotatable bonds is 5. The fourth-order valence-corrected chi connectivity index (χ4v) is 8.16. The van der Waals surface area contributed by atoms with E-state index < -0.39 is 0 Å². The SMILES string of the molecule is c1ccc(-c2cccc(-c3nc(-c4cccc(-c5ccccc5)c4)nc(-n4c5cnccc5c5c6c(ccc54)sc4ccccc46)n3)c2)cc1. The van der Waals surface area contributed by atoms with E-state index in [1.807, 2.05) is 35.9 Å². The zero-order valence-electron chi connectivity index (χ0n) is 26.7. The Kier molecular flexibility index (Phi) is 6.60. The summed E-state index contributed by atoms with van der Waals surface area (Å²) >= 11 is 1.82. The molecule has 4 aromatic heterocycles. The molecule has 6 aromatic carbocycles. The molecule has 50 heavy (non-hydrogen) atoms. The first-order chi connectivity index (χ1) is 24.8. The van der Waals surface area contributed by atoms with Crippen molar-refractivity contribution in [1.29, 1.82) is 0 Å². The molecule has 0 N–H and O–H groups in total. The normalized spacial score (nSPS) is 11.6. The van der Waals surface area contributed by atoms with Crippen LogP contribution in [0.3, 0.4) is 0 Å². The molecule has 10 aromatic rings. The second-order valence-corrected chi connectivity index (χ2v) is 13.4. The number of benzene rings is 6. The molecular weight excluding hydrogens is 631 g/mol. The second kappa shape index (κ2) is 11.6. The highest BCUT2D eigenvalue weighted by atomic mass is 32.1. The molecule has 0 unspecified atom stereocenters. The van der Waals surface area contributed by atoms with Gasteiger partial charge in [-0.2, -0.15) is 9.97 Å². The first-order valence-corrected chi connectivity index (χ1v) is 17.4. The summed E-state index contributed by atoms with van der Waals surface area (Å²) in [6, 6.07) is 52.8. The molecule has 234 valence electrons. The molecule has 0 aliphatic heterocycles. The fraction of sp³-hybridized carbons (Fsp3) is 0. The van der Waals surface area contributed by atoms with Gasteiger partial charge in [-0.1, -0.05) is 115 Å². The highest BCUT2D eigenvalue weighted by molar-refractivity contribution is 7.26. The van der Waals surface area contributed by atoms with Gasteiger partial charge in [-0.25, -0.2) is 4.98 Å². The molecule has 6 heteroatoms. The highest BCUT2D eigenvalue weighted by Crippen LogP contribution is 2.43. The molecule has 0 bridgehead atoms. The van der Waals surface area contributed by atoms with E-state index in [9.17, 15) is 0 Å². The maximum Gasteiger partial charge on any atom is 0.238 e. The summed E-state index contributed by atoms with van der Waals surface area (Å²) in [5.74, 6) is 1.76. The summed E-state index contributed by atoms with van der Waals surface area (Å²) in [5, 5.41) is 4.79. The Morgan fingerprint density at radius 3 is 1.70 bits per heavy atom. The van der Waals surface area contributed by atoms with Crippen LogP contribution in [0.2, 0.25) is 0 Å². The summed E-state index contributed by atoms with van der Waals surface area (Å²) in [7, 11) is 0. The third kappa shape index (κ3) is 4.69. The smallest absolute Gasteiger partial charge is 0.238 e. The quantitative estimate of drug-likeness (QED) is 0.185. The van der Waals surface area contributed by atoms with Crippen molar-refractivity contribution < 1.29 is 0 Å². The first-order valence-electron chi connectivity index (χ1n) is 16.5. The minimum Gasteiger partial charge on any atom is -0.276 e. The van der Waals surface area contributed by atoms with Crippen LogP contribution in [0.1, 0.15) is 0 Å². The minimum absolute atomic E-state index is 0.548. The Morgan fingerprint density at radius 2 is 1.02 bits per heavy atom. The molecule has 0 saturated carbocycles. The first kappa shape index (κ1) is 28.5. The van der Waals surface area contributed by atoms with Crippen molar-refractivity contribution in [2.45, 2.75) is 0 Å². The highest BCUT2D eigenvalue weighted by Gasteiger charge is 2.21. The third-order valence-corrected chi connectivity index (χ3v) is 10.5. The van der Waals surface area contributed by atoms with E-state index in [1.54, 1.807) is 0 Å². The van der Waals surface area contributed by atoms with E-state index in [1.165, 1.54) is 25.6 Å². The van der Waals surface area contributed by atoms with Crippen LogP contribution < -0.4 is 0 Å². The maximum absolute atomic E-state index is 5.23. The number of pyridine rings is 1. The van der Waals surface area contributed by atoms with Crippen molar-refractivity contribution in [3.05, 3.63) is 164 Å². The van der Waals surface area contributed by atoms with E-state index >= 15 is 0 Å². The largest absolute Gasteiger partial charge is 0.276 e. The molecular formula is C44H27N5S. The zero-order chi connectivity index (χ0) is 33.0. The van der Waals surface area contributed by atoms with Crippen LogP contribution in [0.5, 0.6) is 0 Å². The van der Waals surface area contributed by atoms with Crippen LogP contribution in [0.4, 0.5) is 0 Å². The number of hydrogen-bond donors (Lipinski definition) is 0. The average Bonchev–Trinajstić information content (AvgIpc) is 3.74. The molecule has 5 nitrogen and oxygen atoms in total. The van der Waals surface area contributed by atoms with Gasteiger partial charge in [0.25, 0.3) is 0 Å². The van der Waals surface area contributed by atoms with Gasteiger partial charge in [-0.15, -0.1) is 11.3 Å². The van der Waals surface area contributed by atoms with Crippen LogP contribution in [0, 0.1) is 0 Å². The molecule has 0 aliphatic carbocycles. The van der Waals surface area contributed by atoms with Crippen molar-refractivity contribution in [2.24, 2.45) is 0 Å². The average molecular weight is 658 g/mol. The fourth-order valence-electron chi connectivity index (χ4n) is 7.05. The number of hydrogen-bond acceptors (Lipinski definition) is 5. The van der Waals surface area contributed by atoms with Crippen molar-refractivity contribution >= 4 is 53.3 Å². The van der Waals surface area contributed by atoms with Gasteiger partial charge in [-0.3, -0.25) is 9.55 Å². The van der Waals surface area contributed by atoms with Crippen molar-refractivity contribution in [3.63, 3.8) is 0 Å². The standard InChI is InChI=1S/C44H27N5S/c1-3-11-28(12-4-1)30-15-9-17-32(25-30)42-46-43(33-18-10-16-31(26-33)29-13-5-2-6-14-29)48-44(47-42)49-36-21-22-39-41(35-19-7-8-20-38(35)50-39)40(36)34-23-24-45-27-37(34)49/h1-27H. The molecule has 0 radical (unpaired) electrons. The topological polar surface area (TPSA) is 56.5 Å². The molecule has 0 fully saturated rings. The Hall–Kier alpha value is -6.50. The Bertz CT molecular complexity index is 2770. The van der Waals surface area contributed by atoms with Gasteiger partial charge in [0.2, 0.25) is 5.95 Å². The van der Waals surface area contributed by atoms with E-state index in [0.29, 0.717) is 17.6 Å². The van der Waals surface area contributed by atoms with Crippen molar-refractivity contribution in [2.75, 3.05) is 0 Å². The second-order valence-electron chi connectivity index (χ2n) is 12.3. The third-order valence-electron chi connectivity index (χ3n) is 9.35. The number of thiophene rings is 1. The predicted octanol–water partition coefficient (Wildman–Crippen LogP) is 11.4. The van der Waals surface area contributed by atoms with Gasteiger partial charge in [0.05, 0.1) is 17.2 Å². The zero-order valence-corrected chi connectivity index (χ0v) is 27.5. The molecule has 0 amide bonds. The summed E-state index contributed by atoms with van der Waals surface area (Å²) in [4.78, 5) is 20.2. The van der Waals surface area contributed by atoms with E-state index in [2.05, 4.69) is 149 Å². The molecule has 0 saturated heterocycles. The van der Waals surface area contributed by atoms with E-state index in [0.717, 1.165) is 49.8 Å². The van der Waals surface area contributed by atoms with Gasteiger partial charge in [0.1, 0.15) is 0 Å². The van der Waals surface area contributed by atoms with Crippen LogP contribution in [0.15, 0.2) is 164 Å². The lowest BCUT2D eigenvalue weighted by molar-refractivity contribution is 0.952. The van der Waals surface area contributed by atoms with Crippen LogP contribution >= 0.6 is 11.3 Å². The van der Waals surface area contributed by atoms with Gasteiger partial charge in [0.15, 0.2) is 11.6 Å². The number of aromatic nitrogens is 5. The molecule has 10 rings (SSSR count). The maximum atomic E-state index is 5.23. The Balaban J connectivity index is 1.25. The lowest BCUT2D eigenvalue weighted by Gasteiger charge is -2.12. The Labute approximate surface area is 291 Å². The molecule has 0 atom stereocenters. The summed E-state index contributed by atoms with van der Waals surface area (Å²) < 4.78 is 4.67. The molecule has 4 heterocycles.